The van der Waals surface area contributed by atoms with Gasteiger partial charge < -0.3 is 5.32 Å². The molecule has 3 rings (SSSR count). The lowest BCUT2D eigenvalue weighted by Gasteiger charge is -2.11. The molecule has 0 unspecified atom stereocenters. The first kappa shape index (κ1) is 19.1. The minimum Gasteiger partial charge on any atom is -0.355 e. The van der Waals surface area contributed by atoms with E-state index >= 15 is 0 Å². The van der Waals surface area contributed by atoms with Crippen LogP contribution in [-0.4, -0.2) is 33.0 Å². The first-order valence-electron chi connectivity index (χ1n) is 8.71. The molecule has 0 radical (unpaired) electrons. The topological polar surface area (TPSA) is 59.8 Å². The highest BCUT2D eigenvalue weighted by molar-refractivity contribution is 7.99. The van der Waals surface area contributed by atoms with E-state index < -0.39 is 0 Å². The number of benzene rings is 2. The molecule has 7 heteroatoms. The Morgan fingerprint density at radius 1 is 1.11 bits per heavy atom. The summed E-state index contributed by atoms with van der Waals surface area (Å²) in [5.74, 6) is 0.915. The third-order valence-corrected chi connectivity index (χ3v) is 4.72. The predicted molar refractivity (Wildman–Crippen MR) is 105 cm³/mol. The lowest BCUT2D eigenvalue weighted by atomic mass is 10.2. The number of hydrogen-bond donors (Lipinski definition) is 1. The zero-order valence-electron chi connectivity index (χ0n) is 15.2. The molecule has 1 N–H and O–H groups in total. The van der Waals surface area contributed by atoms with E-state index in [1.54, 1.807) is 12.1 Å². The van der Waals surface area contributed by atoms with Crippen LogP contribution in [0.1, 0.15) is 13.8 Å². The van der Waals surface area contributed by atoms with Crippen LogP contribution in [-0.2, 0) is 4.79 Å². The summed E-state index contributed by atoms with van der Waals surface area (Å²) in [4.78, 5) is 12.1. The summed E-state index contributed by atoms with van der Waals surface area (Å²) >= 11 is 1.30. The average molecular weight is 384 g/mol. The molecule has 0 aliphatic carbocycles. The molecule has 1 aromatic heterocycles. The van der Waals surface area contributed by atoms with Gasteiger partial charge in [0.2, 0.25) is 5.91 Å². The van der Waals surface area contributed by atoms with Gasteiger partial charge in [-0.25, -0.2) is 4.39 Å². The fourth-order valence-electron chi connectivity index (χ4n) is 2.46. The quantitative estimate of drug-likeness (QED) is 0.627. The summed E-state index contributed by atoms with van der Waals surface area (Å²) in [6.45, 7) is 4.73. The van der Waals surface area contributed by atoms with Crippen molar-refractivity contribution in [3.8, 4) is 17.1 Å². The number of nitrogens with zero attached hydrogens (tertiary/aromatic N) is 3. The molecule has 0 saturated carbocycles. The normalized spacial score (nSPS) is 11.0. The molecule has 0 aliphatic rings. The maximum absolute atomic E-state index is 13.4. The Kier molecular flexibility index (Phi) is 6.24. The van der Waals surface area contributed by atoms with E-state index in [9.17, 15) is 9.18 Å². The van der Waals surface area contributed by atoms with Gasteiger partial charge in [0.25, 0.3) is 0 Å². The number of nitrogens with one attached hydrogen (secondary N) is 1. The molecule has 2 aromatic carbocycles. The van der Waals surface area contributed by atoms with Crippen LogP contribution in [0.15, 0.2) is 59.8 Å². The van der Waals surface area contributed by atoms with Crippen molar-refractivity contribution in [3.05, 3.63) is 60.4 Å². The van der Waals surface area contributed by atoms with Crippen LogP contribution in [0.5, 0.6) is 0 Å². The number of rotatable bonds is 7. The molecular formula is C20H21FN4OS. The number of hydrogen-bond acceptors (Lipinski definition) is 4. The molecule has 1 heterocycles. The van der Waals surface area contributed by atoms with E-state index in [2.05, 4.69) is 15.5 Å². The Morgan fingerprint density at radius 3 is 2.48 bits per heavy atom. The summed E-state index contributed by atoms with van der Waals surface area (Å²) in [5.41, 5.74) is 1.63. The van der Waals surface area contributed by atoms with E-state index in [1.165, 1.54) is 23.9 Å². The molecule has 1 amide bonds. The van der Waals surface area contributed by atoms with Gasteiger partial charge in [0.1, 0.15) is 5.82 Å². The second-order valence-corrected chi connectivity index (χ2v) is 7.41. The van der Waals surface area contributed by atoms with Crippen molar-refractivity contribution in [2.24, 2.45) is 5.92 Å². The molecule has 0 aliphatic heterocycles. The van der Waals surface area contributed by atoms with E-state index in [0.29, 0.717) is 23.4 Å². The Hall–Kier alpha value is -2.67. The molecule has 27 heavy (non-hydrogen) atoms. The van der Waals surface area contributed by atoms with Crippen LogP contribution in [0.2, 0.25) is 0 Å². The third kappa shape index (κ3) is 4.95. The monoisotopic (exact) mass is 384 g/mol. The molecular weight excluding hydrogens is 363 g/mol. The maximum Gasteiger partial charge on any atom is 0.230 e. The molecule has 0 spiro atoms. The van der Waals surface area contributed by atoms with Crippen LogP contribution in [0, 0.1) is 11.7 Å². The van der Waals surface area contributed by atoms with Crippen molar-refractivity contribution in [1.82, 2.24) is 20.1 Å². The Labute approximate surface area is 162 Å². The van der Waals surface area contributed by atoms with Crippen molar-refractivity contribution in [2.45, 2.75) is 19.0 Å². The van der Waals surface area contributed by atoms with E-state index in [0.717, 1.165) is 11.3 Å². The van der Waals surface area contributed by atoms with Crippen LogP contribution >= 0.6 is 11.8 Å². The van der Waals surface area contributed by atoms with Gasteiger partial charge >= 0.3 is 0 Å². The maximum atomic E-state index is 13.4. The summed E-state index contributed by atoms with van der Waals surface area (Å²) in [7, 11) is 0. The SMILES string of the molecule is CC(C)CNC(=O)CSc1nnc(-c2ccccc2)n1-c1ccc(F)cc1. The lowest BCUT2D eigenvalue weighted by molar-refractivity contribution is -0.118. The molecule has 0 bridgehead atoms. The van der Waals surface area contributed by atoms with Crippen LogP contribution in [0.4, 0.5) is 4.39 Å². The molecule has 140 valence electrons. The molecule has 3 aromatic rings. The molecule has 0 atom stereocenters. The number of carbonyl (C=O) groups is 1. The van der Waals surface area contributed by atoms with Crippen LogP contribution in [0.25, 0.3) is 17.1 Å². The van der Waals surface area contributed by atoms with Gasteiger partial charge in [0, 0.05) is 17.8 Å². The second kappa shape index (κ2) is 8.81. The first-order valence-corrected chi connectivity index (χ1v) is 9.69. The lowest BCUT2D eigenvalue weighted by Crippen LogP contribution is -2.28. The highest BCUT2D eigenvalue weighted by Crippen LogP contribution is 2.27. The van der Waals surface area contributed by atoms with Gasteiger partial charge in [-0.1, -0.05) is 55.9 Å². The summed E-state index contributed by atoms with van der Waals surface area (Å²) in [6.07, 6.45) is 0. The highest BCUT2D eigenvalue weighted by Gasteiger charge is 2.17. The van der Waals surface area contributed by atoms with Gasteiger partial charge in [-0.2, -0.15) is 0 Å². The number of aromatic nitrogens is 3. The predicted octanol–water partition coefficient (Wildman–Crippen LogP) is 3.94. The van der Waals surface area contributed by atoms with Crippen LogP contribution < -0.4 is 5.32 Å². The number of thioether (sulfide) groups is 1. The minimum atomic E-state index is -0.310. The smallest absolute Gasteiger partial charge is 0.230 e. The largest absolute Gasteiger partial charge is 0.355 e. The zero-order valence-corrected chi connectivity index (χ0v) is 16.0. The summed E-state index contributed by atoms with van der Waals surface area (Å²) < 4.78 is 15.2. The fourth-order valence-corrected chi connectivity index (χ4v) is 3.24. The molecule has 0 saturated heterocycles. The number of halogens is 1. The van der Waals surface area contributed by atoms with Gasteiger partial charge in [0.05, 0.1) is 5.75 Å². The number of amides is 1. The Bertz CT molecular complexity index is 894. The Balaban J connectivity index is 1.89. The summed E-state index contributed by atoms with van der Waals surface area (Å²) in [5, 5.41) is 12.0. The number of carbonyl (C=O) groups excluding carboxylic acids is 1. The van der Waals surface area contributed by atoms with Crippen molar-refractivity contribution >= 4 is 17.7 Å². The first-order chi connectivity index (χ1) is 13.0. The average Bonchev–Trinajstić information content (AvgIpc) is 3.10. The van der Waals surface area contributed by atoms with Crippen molar-refractivity contribution in [3.63, 3.8) is 0 Å². The van der Waals surface area contributed by atoms with Gasteiger partial charge in [-0.05, 0) is 30.2 Å². The van der Waals surface area contributed by atoms with Crippen molar-refractivity contribution < 1.29 is 9.18 Å². The third-order valence-electron chi connectivity index (χ3n) is 3.79. The highest BCUT2D eigenvalue weighted by atomic mass is 32.2. The Morgan fingerprint density at radius 2 is 1.81 bits per heavy atom. The van der Waals surface area contributed by atoms with Crippen LogP contribution in [0.3, 0.4) is 0 Å². The van der Waals surface area contributed by atoms with Gasteiger partial charge in [-0.15, -0.1) is 10.2 Å². The van der Waals surface area contributed by atoms with Gasteiger partial charge in [-0.3, -0.25) is 9.36 Å². The van der Waals surface area contributed by atoms with Crippen molar-refractivity contribution in [2.75, 3.05) is 12.3 Å². The minimum absolute atomic E-state index is 0.0522. The fraction of sp³-hybridized carbons (Fsp3) is 0.250. The summed E-state index contributed by atoms with van der Waals surface area (Å²) in [6, 6.07) is 15.8. The van der Waals surface area contributed by atoms with E-state index in [-0.39, 0.29) is 17.5 Å². The van der Waals surface area contributed by atoms with E-state index in [1.807, 2.05) is 48.7 Å². The second-order valence-electron chi connectivity index (χ2n) is 6.47. The zero-order chi connectivity index (χ0) is 19.2. The van der Waals surface area contributed by atoms with Crippen molar-refractivity contribution in [1.29, 1.82) is 0 Å². The van der Waals surface area contributed by atoms with E-state index in [4.69, 9.17) is 0 Å². The van der Waals surface area contributed by atoms with Gasteiger partial charge in [0.15, 0.2) is 11.0 Å². The molecule has 0 fully saturated rings. The standard InChI is InChI=1S/C20H21FN4OS/c1-14(2)12-22-18(26)13-27-20-24-23-19(15-6-4-3-5-7-15)25(20)17-10-8-16(21)9-11-17/h3-11,14H,12-13H2,1-2H3,(H,22,26). The molecule has 5 nitrogen and oxygen atoms in total.